The van der Waals surface area contributed by atoms with Crippen molar-refractivity contribution in [3.63, 3.8) is 0 Å². The first-order valence-corrected chi connectivity index (χ1v) is 13.1. The molecule has 2 heterocycles. The molecule has 9 heteroatoms. The first-order valence-electron chi connectivity index (χ1n) is 10.8. The molecule has 0 saturated carbocycles. The molecule has 0 bridgehead atoms. The zero-order chi connectivity index (χ0) is 24.5. The molecule has 0 atom stereocenters. The molecule has 0 aliphatic carbocycles. The van der Waals surface area contributed by atoms with Crippen LogP contribution in [-0.2, 0) is 16.6 Å². The van der Waals surface area contributed by atoms with Crippen LogP contribution in [-0.4, -0.2) is 29.7 Å². The van der Waals surface area contributed by atoms with E-state index in [1.54, 1.807) is 19.1 Å². The monoisotopic (exact) mass is 494 g/mol. The van der Waals surface area contributed by atoms with Gasteiger partial charge in [0.1, 0.15) is 10.7 Å². The van der Waals surface area contributed by atoms with Crippen molar-refractivity contribution in [2.24, 2.45) is 0 Å². The number of aromatic nitrogens is 3. The number of rotatable bonds is 7. The second-order valence-corrected chi connectivity index (χ2v) is 10.9. The largest absolute Gasteiger partial charge is 0.268 e. The smallest absolute Gasteiger partial charge is 0.266 e. The standard InChI is InChI=1S/C25H26N4O3S2/c1-16-14-18(3)22(15-17(16)2)34(31,32)26-12-13-29-23(30)11-10-21(28-29)24-19(4)27-25(33-24)20-8-6-5-7-9-20/h5-11,14-15,26H,12-13H2,1-4H3. The van der Waals surface area contributed by atoms with Crippen LogP contribution in [0.5, 0.6) is 0 Å². The minimum Gasteiger partial charge on any atom is -0.268 e. The first kappa shape index (κ1) is 24.0. The summed E-state index contributed by atoms with van der Waals surface area (Å²) in [5, 5.41) is 5.36. The summed E-state index contributed by atoms with van der Waals surface area (Å²) in [5.74, 6) is 0. The molecule has 0 unspecified atom stereocenters. The van der Waals surface area contributed by atoms with E-state index < -0.39 is 10.0 Å². The Kier molecular flexibility index (Phi) is 6.79. The van der Waals surface area contributed by atoms with Crippen molar-refractivity contribution < 1.29 is 8.42 Å². The van der Waals surface area contributed by atoms with Crippen LogP contribution in [0.4, 0.5) is 0 Å². The van der Waals surface area contributed by atoms with Gasteiger partial charge >= 0.3 is 0 Å². The minimum absolute atomic E-state index is 0.0436. The lowest BCUT2D eigenvalue weighted by molar-refractivity contribution is 0.548. The molecule has 2 aromatic carbocycles. The van der Waals surface area contributed by atoms with Crippen LogP contribution in [0.25, 0.3) is 21.1 Å². The highest BCUT2D eigenvalue weighted by Gasteiger charge is 2.18. The Labute approximate surface area is 203 Å². The molecule has 0 fully saturated rings. The maximum atomic E-state index is 12.8. The second-order valence-electron chi connectivity index (χ2n) is 8.18. The lowest BCUT2D eigenvalue weighted by Gasteiger charge is -2.12. The fourth-order valence-corrected chi connectivity index (χ4v) is 6.02. The predicted molar refractivity (Wildman–Crippen MR) is 136 cm³/mol. The van der Waals surface area contributed by atoms with Crippen LogP contribution in [0, 0.1) is 27.7 Å². The van der Waals surface area contributed by atoms with E-state index in [1.807, 2.05) is 57.2 Å². The van der Waals surface area contributed by atoms with Gasteiger partial charge in [0.25, 0.3) is 5.56 Å². The van der Waals surface area contributed by atoms with E-state index in [0.29, 0.717) is 11.3 Å². The third kappa shape index (κ3) is 5.01. The van der Waals surface area contributed by atoms with Crippen molar-refractivity contribution >= 4 is 21.4 Å². The van der Waals surface area contributed by atoms with Gasteiger partial charge in [0, 0.05) is 18.2 Å². The first-order chi connectivity index (χ1) is 16.2. The SMILES string of the molecule is Cc1cc(C)c(S(=O)(=O)NCCn2nc(-c3sc(-c4ccccc4)nc3C)ccc2=O)cc1C. The van der Waals surface area contributed by atoms with E-state index in [0.717, 1.165) is 32.3 Å². The van der Waals surface area contributed by atoms with Crippen LogP contribution in [0.3, 0.4) is 0 Å². The lowest BCUT2D eigenvalue weighted by atomic mass is 10.1. The number of nitrogens with zero attached hydrogens (tertiary/aromatic N) is 3. The van der Waals surface area contributed by atoms with Crippen molar-refractivity contribution in [3.05, 3.63) is 87.3 Å². The van der Waals surface area contributed by atoms with Gasteiger partial charge in [0.05, 0.1) is 22.0 Å². The molecule has 0 aliphatic heterocycles. The molecule has 34 heavy (non-hydrogen) atoms. The van der Waals surface area contributed by atoms with Gasteiger partial charge in [-0.2, -0.15) is 5.10 Å². The Morgan fingerprint density at radius 2 is 1.65 bits per heavy atom. The number of benzene rings is 2. The summed E-state index contributed by atoms with van der Waals surface area (Å²) >= 11 is 1.51. The van der Waals surface area contributed by atoms with Crippen molar-refractivity contribution in [2.45, 2.75) is 39.1 Å². The fourth-order valence-electron chi connectivity index (χ4n) is 3.66. The molecule has 1 N–H and O–H groups in total. The number of aryl methyl sites for hydroxylation is 4. The van der Waals surface area contributed by atoms with Crippen LogP contribution < -0.4 is 10.3 Å². The van der Waals surface area contributed by atoms with Crippen LogP contribution in [0.1, 0.15) is 22.4 Å². The summed E-state index contributed by atoms with van der Waals surface area (Å²) in [5.41, 5.74) is 4.81. The Hall–Kier alpha value is -3.14. The topological polar surface area (TPSA) is 93.9 Å². The Balaban J connectivity index is 1.53. The molecule has 0 spiro atoms. The summed E-state index contributed by atoms with van der Waals surface area (Å²) in [7, 11) is -3.71. The Bertz CT molecular complexity index is 1510. The van der Waals surface area contributed by atoms with Gasteiger partial charge in [-0.15, -0.1) is 11.3 Å². The molecule has 4 aromatic rings. The van der Waals surface area contributed by atoms with Crippen LogP contribution >= 0.6 is 11.3 Å². The number of hydrogen-bond acceptors (Lipinski definition) is 6. The van der Waals surface area contributed by atoms with E-state index in [2.05, 4.69) is 14.8 Å². The number of hydrogen-bond donors (Lipinski definition) is 1. The summed E-state index contributed by atoms with van der Waals surface area (Å²) in [6.45, 7) is 7.67. The van der Waals surface area contributed by atoms with E-state index in [4.69, 9.17) is 0 Å². The second kappa shape index (κ2) is 9.61. The quantitative estimate of drug-likeness (QED) is 0.415. The summed E-state index contributed by atoms with van der Waals surface area (Å²) in [4.78, 5) is 18.2. The summed E-state index contributed by atoms with van der Waals surface area (Å²) < 4.78 is 29.6. The van der Waals surface area contributed by atoms with E-state index >= 15 is 0 Å². The number of thiazole rings is 1. The van der Waals surface area contributed by atoms with Crippen molar-refractivity contribution in [2.75, 3.05) is 6.54 Å². The molecule has 2 aromatic heterocycles. The van der Waals surface area contributed by atoms with Gasteiger partial charge in [0.15, 0.2) is 0 Å². The molecular weight excluding hydrogens is 468 g/mol. The highest BCUT2D eigenvalue weighted by molar-refractivity contribution is 7.89. The van der Waals surface area contributed by atoms with Crippen molar-refractivity contribution in [1.82, 2.24) is 19.5 Å². The van der Waals surface area contributed by atoms with Gasteiger partial charge in [-0.1, -0.05) is 36.4 Å². The molecular formula is C25H26N4O3S2. The minimum atomic E-state index is -3.71. The van der Waals surface area contributed by atoms with Gasteiger partial charge in [-0.05, 0) is 56.5 Å². The van der Waals surface area contributed by atoms with E-state index in [1.165, 1.54) is 22.1 Å². The third-order valence-corrected chi connectivity index (χ3v) is 8.45. The highest BCUT2D eigenvalue weighted by atomic mass is 32.2. The number of nitrogens with one attached hydrogen (secondary N) is 1. The van der Waals surface area contributed by atoms with Gasteiger partial charge in [0.2, 0.25) is 10.0 Å². The maximum Gasteiger partial charge on any atom is 0.266 e. The maximum absolute atomic E-state index is 12.8. The summed E-state index contributed by atoms with van der Waals surface area (Å²) in [6, 6.07) is 16.5. The van der Waals surface area contributed by atoms with Gasteiger partial charge in [-0.3, -0.25) is 4.79 Å². The van der Waals surface area contributed by atoms with Gasteiger partial charge in [-0.25, -0.2) is 22.8 Å². The van der Waals surface area contributed by atoms with E-state index in [9.17, 15) is 13.2 Å². The summed E-state index contributed by atoms with van der Waals surface area (Å²) in [6.07, 6.45) is 0. The van der Waals surface area contributed by atoms with Crippen molar-refractivity contribution in [1.29, 1.82) is 0 Å². The Morgan fingerprint density at radius 3 is 2.38 bits per heavy atom. The fraction of sp³-hybridized carbons (Fsp3) is 0.240. The van der Waals surface area contributed by atoms with Gasteiger partial charge < -0.3 is 0 Å². The van der Waals surface area contributed by atoms with Crippen LogP contribution in [0.2, 0.25) is 0 Å². The average molecular weight is 495 g/mol. The highest BCUT2D eigenvalue weighted by Crippen LogP contribution is 2.33. The number of sulfonamides is 1. The van der Waals surface area contributed by atoms with Crippen LogP contribution in [0.15, 0.2) is 64.3 Å². The molecule has 0 radical (unpaired) electrons. The predicted octanol–water partition coefficient (Wildman–Crippen LogP) is 4.25. The molecule has 0 amide bonds. The van der Waals surface area contributed by atoms with Crippen molar-refractivity contribution in [3.8, 4) is 21.1 Å². The average Bonchev–Trinajstić information content (AvgIpc) is 3.19. The lowest BCUT2D eigenvalue weighted by Crippen LogP contribution is -2.32. The Morgan fingerprint density at radius 1 is 0.941 bits per heavy atom. The zero-order valence-corrected chi connectivity index (χ0v) is 21.1. The van der Waals surface area contributed by atoms with E-state index in [-0.39, 0.29) is 23.5 Å². The normalized spacial score (nSPS) is 11.6. The molecule has 0 saturated heterocycles. The molecule has 176 valence electrons. The molecule has 4 rings (SSSR count). The molecule has 0 aliphatic rings. The zero-order valence-electron chi connectivity index (χ0n) is 19.5. The third-order valence-electron chi connectivity index (χ3n) is 5.61. The molecule has 7 nitrogen and oxygen atoms in total.